The zero-order valence-corrected chi connectivity index (χ0v) is 12.4. The molecule has 0 spiro atoms. The van der Waals surface area contributed by atoms with Gasteiger partial charge in [0.1, 0.15) is 0 Å². The number of rotatable bonds is 6. The highest BCUT2D eigenvalue weighted by Gasteiger charge is 2.18. The number of ether oxygens (including phenoxy) is 1. The van der Waals surface area contributed by atoms with Crippen LogP contribution in [-0.2, 0) is 10.6 Å². The van der Waals surface area contributed by atoms with Gasteiger partial charge < -0.3 is 4.74 Å². The Labute approximate surface area is 120 Å². The summed E-state index contributed by atoms with van der Waals surface area (Å²) in [6.07, 6.45) is 0.340. The first-order chi connectivity index (χ1) is 8.63. The van der Waals surface area contributed by atoms with Crippen molar-refractivity contribution in [1.82, 2.24) is 0 Å². The standard InChI is InChI=1S/C13H14BrClO3/c1-2-18-13(17)11-7-9(8-15)3-4-10(11)12(16)5-6-14/h3-4,7H,2,5-6,8H2,1H3. The lowest BCUT2D eigenvalue weighted by molar-refractivity contribution is 0.0523. The van der Waals surface area contributed by atoms with Gasteiger partial charge in [-0.05, 0) is 18.6 Å². The summed E-state index contributed by atoms with van der Waals surface area (Å²) in [6, 6.07) is 5.00. The largest absolute Gasteiger partial charge is 0.462 e. The highest BCUT2D eigenvalue weighted by atomic mass is 79.9. The minimum atomic E-state index is -0.484. The monoisotopic (exact) mass is 332 g/mol. The van der Waals surface area contributed by atoms with E-state index in [0.29, 0.717) is 28.8 Å². The second-order valence-corrected chi connectivity index (χ2v) is 4.66. The van der Waals surface area contributed by atoms with Crippen molar-refractivity contribution in [1.29, 1.82) is 0 Å². The molecular formula is C13H14BrClO3. The third kappa shape index (κ3) is 3.82. The summed E-state index contributed by atoms with van der Waals surface area (Å²) >= 11 is 8.94. The fraction of sp³-hybridized carbons (Fsp3) is 0.385. The van der Waals surface area contributed by atoms with E-state index in [-0.39, 0.29) is 12.4 Å². The van der Waals surface area contributed by atoms with Crippen LogP contribution in [0.1, 0.15) is 39.6 Å². The minimum Gasteiger partial charge on any atom is -0.462 e. The number of esters is 1. The Bertz CT molecular complexity index is 446. The number of hydrogen-bond acceptors (Lipinski definition) is 3. The summed E-state index contributed by atoms with van der Waals surface area (Å²) in [4.78, 5) is 23.7. The minimum absolute atomic E-state index is 0.0870. The predicted molar refractivity (Wildman–Crippen MR) is 74.7 cm³/mol. The normalized spacial score (nSPS) is 10.2. The van der Waals surface area contributed by atoms with Crippen molar-refractivity contribution in [2.75, 3.05) is 11.9 Å². The fourth-order valence-electron chi connectivity index (χ4n) is 1.52. The van der Waals surface area contributed by atoms with Crippen LogP contribution in [0.5, 0.6) is 0 Å². The third-order valence-electron chi connectivity index (χ3n) is 2.36. The van der Waals surface area contributed by atoms with E-state index in [9.17, 15) is 9.59 Å². The molecule has 0 aromatic heterocycles. The summed E-state index contributed by atoms with van der Waals surface area (Å²) in [6.45, 7) is 2.00. The highest BCUT2D eigenvalue weighted by Crippen LogP contribution is 2.17. The van der Waals surface area contributed by atoms with Crippen molar-refractivity contribution >= 4 is 39.3 Å². The summed E-state index contributed by atoms with van der Waals surface area (Å²) in [5.41, 5.74) is 1.47. The first-order valence-electron chi connectivity index (χ1n) is 5.59. The first kappa shape index (κ1) is 15.2. The van der Waals surface area contributed by atoms with E-state index in [0.717, 1.165) is 5.56 Å². The quantitative estimate of drug-likeness (QED) is 0.454. The molecule has 0 amide bonds. The van der Waals surface area contributed by atoms with Crippen LogP contribution in [0.3, 0.4) is 0 Å². The van der Waals surface area contributed by atoms with Gasteiger partial charge in [-0.25, -0.2) is 4.79 Å². The molecule has 0 fully saturated rings. The Balaban J connectivity index is 3.15. The van der Waals surface area contributed by atoms with Gasteiger partial charge >= 0.3 is 5.97 Å². The van der Waals surface area contributed by atoms with Crippen LogP contribution < -0.4 is 0 Å². The number of halogens is 2. The van der Waals surface area contributed by atoms with Gasteiger partial charge in [0.25, 0.3) is 0 Å². The molecule has 3 nitrogen and oxygen atoms in total. The Morgan fingerprint density at radius 3 is 2.61 bits per heavy atom. The first-order valence-corrected chi connectivity index (χ1v) is 7.24. The molecule has 18 heavy (non-hydrogen) atoms. The molecule has 5 heteroatoms. The molecule has 0 aliphatic carbocycles. The van der Waals surface area contributed by atoms with Crippen molar-refractivity contribution in [3.63, 3.8) is 0 Å². The second kappa shape index (κ2) is 7.54. The van der Waals surface area contributed by atoms with Gasteiger partial charge in [-0.3, -0.25) is 4.79 Å². The van der Waals surface area contributed by atoms with E-state index in [1.807, 2.05) is 0 Å². The Morgan fingerprint density at radius 1 is 1.33 bits per heavy atom. The van der Waals surface area contributed by atoms with Crippen LogP contribution in [0.15, 0.2) is 18.2 Å². The molecule has 1 aromatic rings. The van der Waals surface area contributed by atoms with Crippen LogP contribution in [-0.4, -0.2) is 23.7 Å². The Kier molecular flexibility index (Phi) is 6.36. The lowest BCUT2D eigenvalue weighted by atomic mass is 10.00. The Hall–Kier alpha value is -0.870. The molecule has 0 unspecified atom stereocenters. The van der Waals surface area contributed by atoms with E-state index in [1.54, 1.807) is 25.1 Å². The van der Waals surface area contributed by atoms with Gasteiger partial charge in [0.2, 0.25) is 0 Å². The third-order valence-corrected chi connectivity index (χ3v) is 3.06. The average Bonchev–Trinajstić information content (AvgIpc) is 2.38. The number of carbonyl (C=O) groups excluding carboxylic acids is 2. The molecule has 98 valence electrons. The second-order valence-electron chi connectivity index (χ2n) is 3.60. The molecule has 0 saturated heterocycles. The maximum atomic E-state index is 11.9. The number of ketones is 1. The van der Waals surface area contributed by atoms with Gasteiger partial charge in [-0.2, -0.15) is 0 Å². The van der Waals surface area contributed by atoms with E-state index in [4.69, 9.17) is 16.3 Å². The summed E-state index contributed by atoms with van der Waals surface area (Å²) in [5.74, 6) is -0.280. The van der Waals surface area contributed by atoms with E-state index in [2.05, 4.69) is 15.9 Å². The number of alkyl halides is 2. The van der Waals surface area contributed by atoms with Crippen molar-refractivity contribution in [3.8, 4) is 0 Å². The molecule has 0 radical (unpaired) electrons. The van der Waals surface area contributed by atoms with E-state index >= 15 is 0 Å². The molecular weight excluding hydrogens is 319 g/mol. The van der Waals surface area contributed by atoms with Gasteiger partial charge in [0.05, 0.1) is 12.2 Å². The molecule has 1 rings (SSSR count). The lowest BCUT2D eigenvalue weighted by Gasteiger charge is -2.09. The van der Waals surface area contributed by atoms with Crippen molar-refractivity contribution in [2.24, 2.45) is 0 Å². The van der Waals surface area contributed by atoms with Crippen LogP contribution in [0.25, 0.3) is 0 Å². The topological polar surface area (TPSA) is 43.4 Å². The predicted octanol–water partition coefficient (Wildman–Crippen LogP) is 3.57. The number of Topliss-reactive ketones (excluding diaryl/α,β-unsaturated/α-hetero) is 1. The average molecular weight is 334 g/mol. The molecule has 0 aliphatic heterocycles. The molecule has 0 aliphatic rings. The SMILES string of the molecule is CCOC(=O)c1cc(CCl)ccc1C(=O)CCBr. The summed E-state index contributed by atoms with van der Waals surface area (Å²) in [7, 11) is 0. The van der Waals surface area contributed by atoms with Gasteiger partial charge in [0.15, 0.2) is 5.78 Å². The van der Waals surface area contributed by atoms with Crippen molar-refractivity contribution in [2.45, 2.75) is 19.2 Å². The number of hydrogen-bond donors (Lipinski definition) is 0. The van der Waals surface area contributed by atoms with Crippen molar-refractivity contribution < 1.29 is 14.3 Å². The van der Waals surface area contributed by atoms with Crippen LogP contribution in [0, 0.1) is 0 Å². The molecule has 0 saturated carbocycles. The Morgan fingerprint density at radius 2 is 2.06 bits per heavy atom. The molecule has 0 heterocycles. The smallest absolute Gasteiger partial charge is 0.338 e. The molecule has 0 atom stereocenters. The number of carbonyl (C=O) groups is 2. The summed E-state index contributed by atoms with van der Waals surface area (Å²) < 4.78 is 4.95. The highest BCUT2D eigenvalue weighted by molar-refractivity contribution is 9.09. The zero-order valence-electron chi connectivity index (χ0n) is 10.0. The maximum Gasteiger partial charge on any atom is 0.338 e. The zero-order chi connectivity index (χ0) is 13.5. The van der Waals surface area contributed by atoms with Crippen LogP contribution in [0.2, 0.25) is 0 Å². The van der Waals surface area contributed by atoms with E-state index < -0.39 is 5.97 Å². The lowest BCUT2D eigenvalue weighted by Crippen LogP contribution is -2.12. The van der Waals surface area contributed by atoms with Crippen molar-refractivity contribution in [3.05, 3.63) is 34.9 Å². The molecule has 1 aromatic carbocycles. The van der Waals surface area contributed by atoms with Crippen LogP contribution in [0.4, 0.5) is 0 Å². The fourth-order valence-corrected chi connectivity index (χ4v) is 2.04. The summed E-state index contributed by atoms with van der Waals surface area (Å²) in [5, 5.41) is 0.561. The van der Waals surface area contributed by atoms with Gasteiger partial charge in [-0.1, -0.05) is 28.1 Å². The van der Waals surface area contributed by atoms with Crippen LogP contribution >= 0.6 is 27.5 Å². The van der Waals surface area contributed by atoms with Gasteiger partial charge in [0, 0.05) is 23.2 Å². The van der Waals surface area contributed by atoms with Gasteiger partial charge in [-0.15, -0.1) is 11.6 Å². The molecule has 0 bridgehead atoms. The maximum absolute atomic E-state index is 11.9. The number of benzene rings is 1. The van der Waals surface area contributed by atoms with E-state index in [1.165, 1.54) is 0 Å². The molecule has 0 N–H and O–H groups in total.